The van der Waals surface area contributed by atoms with Crippen molar-refractivity contribution in [3.8, 4) is 11.3 Å². The smallest absolute Gasteiger partial charge is 0.407 e. The largest absolute Gasteiger partial charge is 0.460 e. The van der Waals surface area contributed by atoms with Crippen LogP contribution in [0, 0.1) is 0 Å². The van der Waals surface area contributed by atoms with Gasteiger partial charge in [0.1, 0.15) is 5.60 Å². The zero-order valence-corrected chi connectivity index (χ0v) is 21.6. The number of rotatable bonds is 6. The van der Waals surface area contributed by atoms with Crippen molar-refractivity contribution in [1.82, 2.24) is 14.9 Å². The van der Waals surface area contributed by atoms with Gasteiger partial charge in [0.25, 0.3) is 0 Å². The van der Waals surface area contributed by atoms with Crippen LogP contribution < -0.4 is 10.2 Å². The van der Waals surface area contributed by atoms with E-state index < -0.39 is 11.7 Å². The second-order valence-corrected chi connectivity index (χ2v) is 10.2. The topological polar surface area (TPSA) is 103 Å². The van der Waals surface area contributed by atoms with Gasteiger partial charge in [-0.15, -0.1) is 0 Å². The van der Waals surface area contributed by atoms with E-state index in [1.165, 1.54) is 0 Å². The third-order valence-electron chi connectivity index (χ3n) is 5.58. The molecule has 35 heavy (non-hydrogen) atoms. The van der Waals surface area contributed by atoms with E-state index >= 15 is 0 Å². The van der Waals surface area contributed by atoms with Crippen LogP contribution in [0.1, 0.15) is 72.9 Å². The van der Waals surface area contributed by atoms with Crippen molar-refractivity contribution < 1.29 is 23.9 Å². The number of hydrogen-bond donors (Lipinski definition) is 1. The molecule has 1 aromatic heterocycles. The number of benzene rings is 1. The molecule has 3 rings (SSSR count). The number of anilines is 1. The molecule has 190 valence electrons. The number of aromatic nitrogens is 2. The molecule has 0 saturated heterocycles. The summed E-state index contributed by atoms with van der Waals surface area (Å²) in [4.78, 5) is 43.0. The van der Waals surface area contributed by atoms with Crippen LogP contribution in [0.2, 0.25) is 0 Å². The summed E-state index contributed by atoms with van der Waals surface area (Å²) >= 11 is 0. The fraction of sp³-hybridized carbons (Fsp3) is 0.538. The van der Waals surface area contributed by atoms with Crippen LogP contribution in [0.15, 0.2) is 30.7 Å². The molecule has 2 amide bonds. The molecule has 0 fully saturated rings. The van der Waals surface area contributed by atoms with Crippen molar-refractivity contribution >= 4 is 23.7 Å². The van der Waals surface area contributed by atoms with Gasteiger partial charge in [0.15, 0.2) is 0 Å². The number of carbonyl (C=O) groups is 3. The SMILES string of the molecule is CC(=O)N1c2ccc(-c3cn(CCC(=O)OC(C)(C)C)cn3)cc2[C@@H](NC(=O)OC(C)C)C[C@H]1C. The maximum absolute atomic E-state index is 12.4. The quantitative estimate of drug-likeness (QED) is 0.601. The van der Waals surface area contributed by atoms with E-state index in [-0.39, 0.29) is 36.5 Å². The zero-order chi connectivity index (χ0) is 25.9. The molecule has 2 aromatic rings. The monoisotopic (exact) mass is 484 g/mol. The van der Waals surface area contributed by atoms with Crippen molar-refractivity contribution in [3.63, 3.8) is 0 Å². The molecule has 9 nitrogen and oxygen atoms in total. The van der Waals surface area contributed by atoms with Gasteiger partial charge in [0, 0.05) is 37.0 Å². The summed E-state index contributed by atoms with van der Waals surface area (Å²) in [6.45, 7) is 13.1. The molecule has 0 aliphatic carbocycles. The molecule has 1 aliphatic heterocycles. The molecule has 1 N–H and O–H groups in total. The van der Waals surface area contributed by atoms with Gasteiger partial charge >= 0.3 is 12.1 Å². The van der Waals surface area contributed by atoms with Crippen molar-refractivity contribution in [2.45, 2.75) is 91.6 Å². The number of nitrogens with one attached hydrogen (secondary N) is 1. The lowest BCUT2D eigenvalue weighted by atomic mass is 9.90. The average Bonchev–Trinajstić information content (AvgIpc) is 3.19. The molecule has 2 atom stereocenters. The molecule has 0 bridgehead atoms. The Bertz CT molecular complexity index is 1090. The van der Waals surface area contributed by atoms with Gasteiger partial charge in [-0.25, -0.2) is 9.78 Å². The highest BCUT2D eigenvalue weighted by Gasteiger charge is 2.34. The first-order chi connectivity index (χ1) is 16.3. The molecule has 0 saturated carbocycles. The minimum absolute atomic E-state index is 0.0545. The van der Waals surface area contributed by atoms with E-state index in [4.69, 9.17) is 9.47 Å². The number of ether oxygens (including phenoxy) is 2. The summed E-state index contributed by atoms with van der Waals surface area (Å²) in [5.74, 6) is -0.316. The Kier molecular flexibility index (Phi) is 7.87. The summed E-state index contributed by atoms with van der Waals surface area (Å²) in [7, 11) is 0. The predicted octanol–water partition coefficient (Wildman–Crippen LogP) is 4.60. The van der Waals surface area contributed by atoms with Gasteiger partial charge in [-0.2, -0.15) is 0 Å². The second kappa shape index (κ2) is 10.5. The van der Waals surface area contributed by atoms with Gasteiger partial charge in [0.2, 0.25) is 5.91 Å². The third kappa shape index (κ3) is 6.83. The van der Waals surface area contributed by atoms with Gasteiger partial charge in [-0.1, -0.05) is 6.07 Å². The molecular formula is C26H36N4O5. The first-order valence-corrected chi connectivity index (χ1v) is 12.0. The minimum Gasteiger partial charge on any atom is -0.460 e. The predicted molar refractivity (Wildman–Crippen MR) is 133 cm³/mol. The summed E-state index contributed by atoms with van der Waals surface area (Å²) in [6, 6.07) is 5.37. The molecule has 1 aliphatic rings. The molecular weight excluding hydrogens is 448 g/mol. The molecule has 0 unspecified atom stereocenters. The third-order valence-corrected chi connectivity index (χ3v) is 5.58. The normalized spacial score (nSPS) is 17.7. The highest BCUT2D eigenvalue weighted by molar-refractivity contribution is 5.94. The molecule has 9 heteroatoms. The fourth-order valence-corrected chi connectivity index (χ4v) is 4.27. The molecule has 2 heterocycles. The van der Waals surface area contributed by atoms with Crippen LogP contribution >= 0.6 is 0 Å². The van der Waals surface area contributed by atoms with Crippen molar-refractivity contribution in [2.24, 2.45) is 0 Å². The number of aryl methyl sites for hydroxylation is 1. The zero-order valence-electron chi connectivity index (χ0n) is 21.6. The number of amides is 2. The molecule has 1 aromatic carbocycles. The maximum atomic E-state index is 12.4. The van der Waals surface area contributed by atoms with Gasteiger partial charge in [-0.3, -0.25) is 9.59 Å². The van der Waals surface area contributed by atoms with E-state index in [2.05, 4.69) is 10.3 Å². The van der Waals surface area contributed by atoms with Crippen LogP contribution in [0.25, 0.3) is 11.3 Å². The van der Waals surface area contributed by atoms with Crippen LogP contribution in [-0.4, -0.2) is 45.3 Å². The number of imidazole rings is 1. The molecule has 0 radical (unpaired) electrons. The van der Waals surface area contributed by atoms with E-state index in [0.29, 0.717) is 13.0 Å². The number of nitrogens with zero attached hydrogens (tertiary/aromatic N) is 3. The summed E-state index contributed by atoms with van der Waals surface area (Å²) < 4.78 is 12.5. The van der Waals surface area contributed by atoms with Crippen molar-refractivity contribution in [2.75, 3.05) is 4.90 Å². The van der Waals surface area contributed by atoms with Gasteiger partial charge in [-0.05, 0) is 65.7 Å². The van der Waals surface area contributed by atoms with E-state index in [1.54, 1.807) is 32.0 Å². The minimum atomic E-state index is -0.516. The summed E-state index contributed by atoms with van der Waals surface area (Å²) in [6.07, 6.45) is 3.63. The Morgan fingerprint density at radius 3 is 2.57 bits per heavy atom. The maximum Gasteiger partial charge on any atom is 0.407 e. The van der Waals surface area contributed by atoms with E-state index in [9.17, 15) is 14.4 Å². The van der Waals surface area contributed by atoms with Crippen LogP contribution in [-0.2, 0) is 25.6 Å². The Morgan fingerprint density at radius 2 is 1.94 bits per heavy atom. The van der Waals surface area contributed by atoms with Crippen LogP contribution in [0.4, 0.5) is 10.5 Å². The summed E-state index contributed by atoms with van der Waals surface area (Å²) in [5, 5.41) is 2.96. The lowest BCUT2D eigenvalue weighted by Gasteiger charge is -2.39. The Labute approximate surface area is 206 Å². The van der Waals surface area contributed by atoms with Crippen LogP contribution in [0.3, 0.4) is 0 Å². The fourth-order valence-electron chi connectivity index (χ4n) is 4.27. The van der Waals surface area contributed by atoms with Crippen molar-refractivity contribution in [1.29, 1.82) is 0 Å². The van der Waals surface area contributed by atoms with E-state index in [1.807, 2.05) is 56.7 Å². The number of carbonyl (C=O) groups excluding carboxylic acids is 3. The second-order valence-electron chi connectivity index (χ2n) is 10.2. The first-order valence-electron chi connectivity index (χ1n) is 12.0. The lowest BCUT2D eigenvalue weighted by molar-refractivity contribution is -0.155. The number of esters is 1. The Balaban J connectivity index is 1.84. The number of hydrogen-bond acceptors (Lipinski definition) is 6. The van der Waals surface area contributed by atoms with E-state index in [0.717, 1.165) is 22.5 Å². The Hall–Kier alpha value is -3.36. The highest BCUT2D eigenvalue weighted by atomic mass is 16.6. The van der Waals surface area contributed by atoms with Crippen molar-refractivity contribution in [3.05, 3.63) is 36.3 Å². The summed E-state index contributed by atoms with van der Waals surface area (Å²) in [5.41, 5.74) is 2.66. The van der Waals surface area contributed by atoms with Crippen LogP contribution in [0.5, 0.6) is 0 Å². The van der Waals surface area contributed by atoms with Gasteiger partial charge < -0.3 is 24.3 Å². The Morgan fingerprint density at radius 1 is 1.23 bits per heavy atom. The standard InChI is InChI=1S/C26H36N4O5/c1-16(2)34-25(33)28-21-12-17(3)30(18(4)31)23-9-8-19(13-20(21)23)22-14-29(15-27-22)11-10-24(32)35-26(5,6)7/h8-9,13-17,21H,10-12H2,1-7H3,(H,28,33)/t17-,21+/m1/s1. The first kappa shape index (κ1) is 26.2. The van der Waals surface area contributed by atoms with Gasteiger partial charge in [0.05, 0.1) is 30.6 Å². The lowest BCUT2D eigenvalue weighted by Crippen LogP contribution is -2.45. The average molecular weight is 485 g/mol. The molecule has 0 spiro atoms. The number of fused-ring (bicyclic) bond motifs is 1. The highest BCUT2D eigenvalue weighted by Crippen LogP contribution is 2.39. The number of alkyl carbamates (subject to hydrolysis) is 1.